The van der Waals surface area contributed by atoms with E-state index in [-0.39, 0.29) is 17.4 Å². The zero-order valence-electron chi connectivity index (χ0n) is 14.4. The minimum Gasteiger partial charge on any atom is -0.382 e. The van der Waals surface area contributed by atoms with Gasteiger partial charge in [0, 0.05) is 51.2 Å². The molecule has 1 aliphatic heterocycles. The minimum atomic E-state index is -0.281. The van der Waals surface area contributed by atoms with Crippen LogP contribution in [0.15, 0.2) is 42.7 Å². The lowest BCUT2D eigenvalue weighted by molar-refractivity contribution is 0.0841. The Hall–Kier alpha value is -2.51. The van der Waals surface area contributed by atoms with Crippen LogP contribution in [0.4, 0.5) is 5.82 Å². The molecule has 7 heteroatoms. The van der Waals surface area contributed by atoms with Crippen LogP contribution in [0.3, 0.4) is 0 Å². The number of nitrogen functional groups attached to an aromatic ring is 1. The molecule has 25 heavy (non-hydrogen) atoms. The molecule has 0 aliphatic carbocycles. The van der Waals surface area contributed by atoms with Crippen molar-refractivity contribution in [2.75, 3.05) is 45.5 Å². The molecule has 3 N–H and O–H groups in total. The second-order valence-corrected chi connectivity index (χ2v) is 6.27. The van der Waals surface area contributed by atoms with Crippen molar-refractivity contribution in [2.24, 2.45) is 0 Å². The van der Waals surface area contributed by atoms with E-state index in [1.54, 1.807) is 0 Å². The van der Waals surface area contributed by atoms with Crippen molar-refractivity contribution in [1.82, 2.24) is 25.1 Å². The Morgan fingerprint density at radius 2 is 2.00 bits per heavy atom. The first kappa shape index (κ1) is 17.3. The number of hydrogen-bond donors (Lipinski definition) is 2. The van der Waals surface area contributed by atoms with E-state index in [4.69, 9.17) is 5.73 Å². The lowest BCUT2D eigenvalue weighted by Crippen LogP contribution is -2.49. The Morgan fingerprint density at radius 3 is 2.76 bits per heavy atom. The molecule has 132 valence electrons. The number of likely N-dealkylation sites (N-methyl/N-ethyl adjacent to an activating group) is 1. The fourth-order valence-corrected chi connectivity index (χ4v) is 3.14. The van der Waals surface area contributed by atoms with Gasteiger partial charge in [-0.25, -0.2) is 9.97 Å². The number of nitrogens with zero attached hydrogens (tertiary/aromatic N) is 4. The van der Waals surface area contributed by atoms with Crippen molar-refractivity contribution in [3.05, 3.63) is 54.0 Å². The number of hydrogen-bond acceptors (Lipinski definition) is 6. The predicted molar refractivity (Wildman–Crippen MR) is 97.0 cm³/mol. The van der Waals surface area contributed by atoms with Crippen LogP contribution < -0.4 is 11.1 Å². The van der Waals surface area contributed by atoms with Gasteiger partial charge in [0.2, 0.25) is 0 Å². The van der Waals surface area contributed by atoms with Crippen molar-refractivity contribution < 1.29 is 4.79 Å². The van der Waals surface area contributed by atoms with E-state index >= 15 is 0 Å². The summed E-state index contributed by atoms with van der Waals surface area (Å²) in [5, 5.41) is 2.89. The van der Waals surface area contributed by atoms with Gasteiger partial charge >= 0.3 is 0 Å². The summed E-state index contributed by atoms with van der Waals surface area (Å²) >= 11 is 0. The van der Waals surface area contributed by atoms with E-state index in [2.05, 4.69) is 56.4 Å². The second kappa shape index (κ2) is 8.04. The third-order valence-electron chi connectivity index (χ3n) is 4.50. The Bertz CT molecular complexity index is 708. The highest BCUT2D eigenvalue weighted by Gasteiger charge is 2.26. The van der Waals surface area contributed by atoms with Gasteiger partial charge in [0.25, 0.3) is 5.91 Å². The first-order valence-electron chi connectivity index (χ1n) is 8.47. The largest absolute Gasteiger partial charge is 0.382 e. The summed E-state index contributed by atoms with van der Waals surface area (Å²) in [5.74, 6) is -0.127. The smallest absolute Gasteiger partial charge is 0.273 e. The summed E-state index contributed by atoms with van der Waals surface area (Å²) < 4.78 is 0. The van der Waals surface area contributed by atoms with Gasteiger partial charge in [-0.2, -0.15) is 0 Å². The average molecular weight is 340 g/mol. The summed E-state index contributed by atoms with van der Waals surface area (Å²) in [4.78, 5) is 24.8. The van der Waals surface area contributed by atoms with Crippen LogP contribution in [-0.4, -0.2) is 65.4 Å². The molecule has 1 aromatic heterocycles. The standard InChI is InChI=1S/C18H24N6O/c1-23-11-12-24(15(13-23)14-5-3-2-4-6-14)10-9-22-18(25)16-17(19)21-8-7-20-16/h2-8,15H,9-13H2,1H3,(H2,19,21)(H,22,25). The Morgan fingerprint density at radius 1 is 1.24 bits per heavy atom. The second-order valence-electron chi connectivity index (χ2n) is 6.27. The quantitative estimate of drug-likeness (QED) is 0.836. The first-order chi connectivity index (χ1) is 12.1. The molecule has 1 unspecified atom stereocenters. The maximum Gasteiger partial charge on any atom is 0.273 e. The molecular weight excluding hydrogens is 316 g/mol. The van der Waals surface area contributed by atoms with Gasteiger partial charge in [0.1, 0.15) is 0 Å². The van der Waals surface area contributed by atoms with Gasteiger partial charge in [-0.15, -0.1) is 0 Å². The number of nitrogens with two attached hydrogens (primary N) is 1. The van der Waals surface area contributed by atoms with Crippen molar-refractivity contribution in [1.29, 1.82) is 0 Å². The van der Waals surface area contributed by atoms with Gasteiger partial charge in [-0.05, 0) is 12.6 Å². The third-order valence-corrected chi connectivity index (χ3v) is 4.50. The molecule has 1 atom stereocenters. The molecule has 1 amide bonds. The Kier molecular flexibility index (Phi) is 5.57. The van der Waals surface area contributed by atoms with Crippen molar-refractivity contribution in [2.45, 2.75) is 6.04 Å². The molecular formula is C18H24N6O. The number of aromatic nitrogens is 2. The maximum atomic E-state index is 12.2. The predicted octanol–water partition coefficient (Wildman–Crippen LogP) is 0.777. The number of amides is 1. The third kappa shape index (κ3) is 4.32. The van der Waals surface area contributed by atoms with Crippen molar-refractivity contribution in [3.8, 4) is 0 Å². The Labute approximate surface area is 147 Å². The van der Waals surface area contributed by atoms with E-state index < -0.39 is 0 Å². The van der Waals surface area contributed by atoms with Crippen LogP contribution in [-0.2, 0) is 0 Å². The SMILES string of the molecule is CN1CCN(CCNC(=O)c2nccnc2N)C(c2ccccc2)C1. The monoisotopic (exact) mass is 340 g/mol. The summed E-state index contributed by atoms with van der Waals surface area (Å²) in [6, 6.07) is 10.8. The van der Waals surface area contributed by atoms with E-state index in [0.29, 0.717) is 12.6 Å². The first-order valence-corrected chi connectivity index (χ1v) is 8.47. The van der Waals surface area contributed by atoms with Crippen LogP contribution in [0, 0.1) is 0 Å². The molecule has 0 bridgehead atoms. The number of benzene rings is 1. The number of carbonyl (C=O) groups is 1. The lowest BCUT2D eigenvalue weighted by atomic mass is 10.0. The molecule has 1 saturated heterocycles. The summed E-state index contributed by atoms with van der Waals surface area (Å²) in [5.41, 5.74) is 7.18. The van der Waals surface area contributed by atoms with Crippen LogP contribution in [0.1, 0.15) is 22.1 Å². The van der Waals surface area contributed by atoms with Gasteiger partial charge in [0.05, 0.1) is 0 Å². The number of carbonyl (C=O) groups excluding carboxylic acids is 1. The van der Waals surface area contributed by atoms with Crippen LogP contribution in [0.2, 0.25) is 0 Å². The number of rotatable bonds is 5. The fraction of sp³-hybridized carbons (Fsp3) is 0.389. The molecule has 2 aromatic rings. The van der Waals surface area contributed by atoms with Crippen LogP contribution >= 0.6 is 0 Å². The lowest BCUT2D eigenvalue weighted by Gasteiger charge is -2.40. The van der Waals surface area contributed by atoms with Crippen molar-refractivity contribution >= 4 is 11.7 Å². The molecule has 1 fully saturated rings. The molecule has 0 radical (unpaired) electrons. The number of piperazine rings is 1. The van der Waals surface area contributed by atoms with Gasteiger partial charge < -0.3 is 16.0 Å². The molecule has 2 heterocycles. The van der Waals surface area contributed by atoms with E-state index in [9.17, 15) is 4.79 Å². The summed E-state index contributed by atoms with van der Waals surface area (Å²) in [6.07, 6.45) is 2.94. The van der Waals surface area contributed by atoms with Crippen LogP contribution in [0.25, 0.3) is 0 Å². The molecule has 1 aromatic carbocycles. The van der Waals surface area contributed by atoms with Crippen molar-refractivity contribution in [3.63, 3.8) is 0 Å². The van der Waals surface area contributed by atoms with Gasteiger partial charge in [-0.3, -0.25) is 9.69 Å². The highest BCUT2D eigenvalue weighted by atomic mass is 16.1. The van der Waals surface area contributed by atoms with Gasteiger partial charge in [0.15, 0.2) is 11.5 Å². The molecule has 7 nitrogen and oxygen atoms in total. The maximum absolute atomic E-state index is 12.2. The van der Waals surface area contributed by atoms with E-state index in [1.165, 1.54) is 18.0 Å². The normalized spacial score (nSPS) is 18.8. The topological polar surface area (TPSA) is 87.4 Å². The zero-order valence-corrected chi connectivity index (χ0v) is 14.4. The highest BCUT2D eigenvalue weighted by Crippen LogP contribution is 2.24. The van der Waals surface area contributed by atoms with Gasteiger partial charge in [-0.1, -0.05) is 30.3 Å². The highest BCUT2D eigenvalue weighted by molar-refractivity contribution is 5.96. The average Bonchev–Trinajstić information content (AvgIpc) is 2.64. The summed E-state index contributed by atoms with van der Waals surface area (Å²) in [7, 11) is 2.14. The number of nitrogens with one attached hydrogen (secondary N) is 1. The minimum absolute atomic E-state index is 0.154. The Balaban J connectivity index is 1.59. The number of anilines is 1. The molecule has 0 saturated carbocycles. The zero-order chi connectivity index (χ0) is 17.6. The fourth-order valence-electron chi connectivity index (χ4n) is 3.14. The summed E-state index contributed by atoms with van der Waals surface area (Å²) in [6.45, 7) is 4.30. The van der Waals surface area contributed by atoms with E-state index in [0.717, 1.165) is 26.2 Å². The van der Waals surface area contributed by atoms with Crippen LogP contribution in [0.5, 0.6) is 0 Å². The molecule has 3 rings (SSSR count). The van der Waals surface area contributed by atoms with E-state index in [1.807, 2.05) is 6.07 Å². The molecule has 1 aliphatic rings. The molecule has 0 spiro atoms.